The number of hydrogen-bond acceptors (Lipinski definition) is 5. The van der Waals surface area contributed by atoms with Gasteiger partial charge in [-0.15, -0.1) is 11.8 Å². The lowest BCUT2D eigenvalue weighted by Gasteiger charge is -2.17. The normalized spacial score (nSPS) is 24.0. The molecule has 23 heavy (non-hydrogen) atoms. The van der Waals surface area contributed by atoms with Gasteiger partial charge in [0.2, 0.25) is 0 Å². The van der Waals surface area contributed by atoms with E-state index in [1.54, 1.807) is 28.6 Å². The first kappa shape index (κ1) is 16.1. The molecule has 3 atom stereocenters. The molecule has 2 N–H and O–H groups in total. The van der Waals surface area contributed by atoms with Crippen LogP contribution in [-0.2, 0) is 11.3 Å². The van der Waals surface area contributed by atoms with E-state index in [2.05, 4.69) is 24.0 Å². The van der Waals surface area contributed by atoms with Crippen LogP contribution in [0.25, 0.3) is 0 Å². The van der Waals surface area contributed by atoms with Gasteiger partial charge in [0.15, 0.2) is 0 Å². The lowest BCUT2D eigenvalue weighted by molar-refractivity contribution is 0.120. The number of nitrogens with two attached hydrogens (primary N) is 1. The topological polar surface area (TPSA) is 70.1 Å². The van der Waals surface area contributed by atoms with Gasteiger partial charge in [-0.2, -0.15) is 4.98 Å². The Kier molecular flexibility index (Phi) is 5.03. The number of nitrogens with zero attached hydrogens (tertiary/aromatic N) is 2. The summed E-state index contributed by atoms with van der Waals surface area (Å²) in [5.41, 5.74) is 6.46. The third kappa shape index (κ3) is 3.95. The van der Waals surface area contributed by atoms with Crippen LogP contribution in [0.2, 0.25) is 0 Å². The van der Waals surface area contributed by atoms with Crippen LogP contribution in [0.5, 0.6) is 0 Å². The molecule has 6 heteroatoms. The summed E-state index contributed by atoms with van der Waals surface area (Å²) >= 11 is 1.78. The van der Waals surface area contributed by atoms with E-state index in [0.29, 0.717) is 24.4 Å². The number of thioether (sulfide) groups is 1. The Hall–Kier alpha value is -1.79. The molecule has 122 valence electrons. The molecular weight excluding hydrogens is 310 g/mol. The van der Waals surface area contributed by atoms with Gasteiger partial charge in [-0.3, -0.25) is 4.57 Å². The first-order valence-electron chi connectivity index (χ1n) is 7.75. The Balaban J connectivity index is 1.57. The smallest absolute Gasteiger partial charge is 0.350 e. The summed E-state index contributed by atoms with van der Waals surface area (Å²) in [5, 5.41) is 0.490. The van der Waals surface area contributed by atoms with Crippen molar-refractivity contribution in [2.75, 3.05) is 12.3 Å². The number of hydrogen-bond donors (Lipinski definition) is 1. The maximum Gasteiger partial charge on any atom is 0.350 e. The summed E-state index contributed by atoms with van der Waals surface area (Å²) in [6.07, 6.45) is 2.77. The molecule has 2 heterocycles. The summed E-state index contributed by atoms with van der Waals surface area (Å²) in [6.45, 7) is 3.48. The van der Waals surface area contributed by atoms with Gasteiger partial charge >= 0.3 is 5.69 Å². The number of ether oxygens (including phenoxy) is 1. The van der Waals surface area contributed by atoms with Crippen molar-refractivity contribution in [2.24, 2.45) is 5.92 Å². The van der Waals surface area contributed by atoms with E-state index in [0.717, 1.165) is 6.42 Å². The molecule has 3 rings (SSSR count). The molecule has 1 fully saturated rings. The highest BCUT2D eigenvalue weighted by Crippen LogP contribution is 2.45. The Labute approximate surface area is 139 Å². The third-order valence-corrected chi connectivity index (χ3v) is 5.68. The average molecular weight is 331 g/mol. The van der Waals surface area contributed by atoms with E-state index in [1.165, 1.54) is 5.56 Å². The van der Waals surface area contributed by atoms with Gasteiger partial charge in [-0.1, -0.05) is 37.3 Å². The molecule has 1 aliphatic rings. The summed E-state index contributed by atoms with van der Waals surface area (Å²) in [5.74, 6) is 0.665. The fourth-order valence-corrected chi connectivity index (χ4v) is 4.52. The second-order valence-corrected chi connectivity index (χ2v) is 7.33. The number of benzene rings is 1. The Morgan fingerprint density at radius 2 is 2.13 bits per heavy atom. The van der Waals surface area contributed by atoms with Crippen molar-refractivity contribution in [1.29, 1.82) is 0 Å². The molecule has 1 aromatic carbocycles. The fraction of sp³-hybridized carbons (Fsp3) is 0.412. The number of anilines is 1. The highest BCUT2D eigenvalue weighted by molar-refractivity contribution is 8.00. The van der Waals surface area contributed by atoms with Crippen molar-refractivity contribution in [3.8, 4) is 0 Å². The zero-order valence-electron chi connectivity index (χ0n) is 13.1. The van der Waals surface area contributed by atoms with E-state index >= 15 is 0 Å². The Morgan fingerprint density at radius 1 is 1.35 bits per heavy atom. The number of rotatable bonds is 5. The van der Waals surface area contributed by atoms with Gasteiger partial charge in [-0.25, -0.2) is 4.79 Å². The summed E-state index contributed by atoms with van der Waals surface area (Å²) < 4.78 is 7.53. The summed E-state index contributed by atoms with van der Waals surface area (Å²) in [7, 11) is 0. The quantitative estimate of drug-likeness (QED) is 0.912. The third-order valence-electron chi connectivity index (χ3n) is 3.99. The highest BCUT2D eigenvalue weighted by Gasteiger charge is 2.33. The maximum absolute atomic E-state index is 12.0. The van der Waals surface area contributed by atoms with E-state index < -0.39 is 0 Å². The lowest BCUT2D eigenvalue weighted by atomic mass is 10.1. The van der Waals surface area contributed by atoms with Crippen LogP contribution in [-0.4, -0.2) is 21.4 Å². The Morgan fingerprint density at radius 3 is 2.87 bits per heavy atom. The minimum absolute atomic E-state index is 0.0981. The molecule has 0 aliphatic carbocycles. The number of nitrogen functional groups attached to an aromatic ring is 1. The standard InChI is InChI=1S/C17H21N3O2S/c1-12-9-14(11-22-10-13-5-3-2-4-6-13)23-16(12)20-8-7-15(18)19-17(20)21/h2-8,12,14,16H,9-11H2,1H3,(H2,18,19,21). The molecule has 5 nitrogen and oxygen atoms in total. The molecular formula is C17H21N3O2S. The Bertz CT molecular complexity index is 704. The van der Waals surface area contributed by atoms with Crippen LogP contribution in [0.15, 0.2) is 47.4 Å². The maximum atomic E-state index is 12.0. The van der Waals surface area contributed by atoms with E-state index in [-0.39, 0.29) is 16.9 Å². The van der Waals surface area contributed by atoms with Crippen molar-refractivity contribution >= 4 is 17.6 Å². The number of aromatic nitrogens is 2. The highest BCUT2D eigenvalue weighted by atomic mass is 32.2. The molecule has 0 amide bonds. The zero-order chi connectivity index (χ0) is 16.2. The van der Waals surface area contributed by atoms with Gasteiger partial charge in [-0.05, 0) is 24.0 Å². The average Bonchev–Trinajstić information content (AvgIpc) is 2.89. The molecule has 0 bridgehead atoms. The molecule has 1 aromatic heterocycles. The van der Waals surface area contributed by atoms with Crippen molar-refractivity contribution in [3.05, 3.63) is 58.6 Å². The van der Waals surface area contributed by atoms with E-state index in [9.17, 15) is 4.79 Å². The predicted octanol–water partition coefficient (Wildman–Crippen LogP) is 2.68. The SMILES string of the molecule is CC1CC(COCc2ccccc2)SC1n1ccc(N)nc1=O. The lowest BCUT2D eigenvalue weighted by Crippen LogP contribution is -2.27. The monoisotopic (exact) mass is 331 g/mol. The molecule has 1 saturated heterocycles. The first-order chi connectivity index (χ1) is 11.1. The molecule has 0 radical (unpaired) electrons. The summed E-state index contributed by atoms with van der Waals surface area (Å²) in [4.78, 5) is 15.8. The van der Waals surface area contributed by atoms with Crippen LogP contribution in [0.3, 0.4) is 0 Å². The van der Waals surface area contributed by atoms with Crippen LogP contribution in [0.4, 0.5) is 5.82 Å². The van der Waals surface area contributed by atoms with Crippen LogP contribution in [0.1, 0.15) is 24.3 Å². The zero-order valence-corrected chi connectivity index (χ0v) is 13.9. The van der Waals surface area contributed by atoms with Crippen molar-refractivity contribution in [1.82, 2.24) is 9.55 Å². The van der Waals surface area contributed by atoms with Gasteiger partial charge < -0.3 is 10.5 Å². The fourth-order valence-electron chi connectivity index (χ4n) is 2.87. The summed E-state index contributed by atoms with van der Waals surface area (Å²) in [6, 6.07) is 11.8. The second-order valence-electron chi connectivity index (χ2n) is 5.90. The van der Waals surface area contributed by atoms with Crippen LogP contribution >= 0.6 is 11.8 Å². The van der Waals surface area contributed by atoms with Gasteiger partial charge in [0.25, 0.3) is 0 Å². The van der Waals surface area contributed by atoms with E-state index in [4.69, 9.17) is 10.5 Å². The van der Waals surface area contributed by atoms with E-state index in [1.807, 2.05) is 18.2 Å². The van der Waals surface area contributed by atoms with Crippen molar-refractivity contribution < 1.29 is 4.74 Å². The molecule has 3 unspecified atom stereocenters. The second kappa shape index (κ2) is 7.19. The minimum atomic E-state index is -0.278. The van der Waals surface area contributed by atoms with Crippen LogP contribution < -0.4 is 11.4 Å². The largest absolute Gasteiger partial charge is 0.383 e. The molecule has 2 aromatic rings. The first-order valence-corrected chi connectivity index (χ1v) is 8.69. The van der Waals surface area contributed by atoms with Gasteiger partial charge in [0, 0.05) is 11.4 Å². The molecule has 0 saturated carbocycles. The molecule has 1 aliphatic heterocycles. The van der Waals surface area contributed by atoms with Gasteiger partial charge in [0.1, 0.15) is 5.82 Å². The minimum Gasteiger partial charge on any atom is -0.383 e. The van der Waals surface area contributed by atoms with Gasteiger partial charge in [0.05, 0.1) is 18.6 Å². The van der Waals surface area contributed by atoms with Crippen molar-refractivity contribution in [3.63, 3.8) is 0 Å². The predicted molar refractivity (Wildman–Crippen MR) is 93.2 cm³/mol. The molecule has 0 spiro atoms. The van der Waals surface area contributed by atoms with Crippen molar-refractivity contribution in [2.45, 2.75) is 30.6 Å². The van der Waals surface area contributed by atoms with Crippen LogP contribution in [0, 0.1) is 5.92 Å².